The molecule has 0 radical (unpaired) electrons. The second-order valence-electron chi connectivity index (χ2n) is 7.42. The van der Waals surface area contributed by atoms with Crippen LogP contribution in [-0.2, 0) is 6.61 Å². The highest BCUT2D eigenvalue weighted by atomic mass is 127. The van der Waals surface area contributed by atoms with Gasteiger partial charge in [0, 0.05) is 3.57 Å². The highest BCUT2D eigenvalue weighted by Gasteiger charge is 2.37. The number of anilines is 1. The number of para-hydroxylation sites is 1. The zero-order valence-electron chi connectivity index (χ0n) is 17.6. The number of rotatable bonds is 6. The van der Waals surface area contributed by atoms with E-state index in [1.165, 1.54) is 3.57 Å². The van der Waals surface area contributed by atoms with Gasteiger partial charge in [-0.3, -0.25) is 0 Å². The summed E-state index contributed by atoms with van der Waals surface area (Å²) in [5, 5.41) is 25.6. The van der Waals surface area contributed by atoms with Crippen LogP contribution in [0.25, 0.3) is 6.08 Å². The van der Waals surface area contributed by atoms with Gasteiger partial charge in [-0.25, -0.2) is 5.01 Å². The van der Waals surface area contributed by atoms with E-state index < -0.39 is 12.1 Å². The van der Waals surface area contributed by atoms with Gasteiger partial charge in [0.2, 0.25) is 0 Å². The minimum Gasteiger partial charge on any atom is -0.489 e. The first-order chi connectivity index (χ1) is 16.1. The average molecular weight is 545 g/mol. The number of benzene rings is 3. The molecular weight excluding hydrogens is 525 g/mol. The summed E-state index contributed by atoms with van der Waals surface area (Å²) in [4.78, 5) is 0. The van der Waals surface area contributed by atoms with Crippen LogP contribution in [0.4, 0.5) is 5.69 Å². The molecule has 4 rings (SSSR count). The summed E-state index contributed by atoms with van der Waals surface area (Å²) in [7, 11) is 0. The Bertz CT molecular complexity index is 1260. The maximum Gasteiger partial charge on any atom is 0.127 e. The summed E-state index contributed by atoms with van der Waals surface area (Å²) in [5.74, 6) is 0.0160. The molecule has 2 atom stereocenters. The number of hydrazone groups is 1. The number of hydrogen-bond acceptors (Lipinski definition) is 6. The van der Waals surface area contributed by atoms with E-state index in [-0.39, 0.29) is 0 Å². The van der Waals surface area contributed by atoms with Gasteiger partial charge in [0.1, 0.15) is 30.5 Å². The van der Waals surface area contributed by atoms with Gasteiger partial charge in [-0.1, -0.05) is 42.5 Å². The molecule has 7 heteroatoms. The Morgan fingerprint density at radius 2 is 1.73 bits per heavy atom. The van der Waals surface area contributed by atoms with Crippen molar-refractivity contribution in [2.75, 3.05) is 5.01 Å². The molecule has 33 heavy (non-hydrogen) atoms. The van der Waals surface area contributed by atoms with Gasteiger partial charge in [0.15, 0.2) is 0 Å². The molecule has 0 aliphatic carbocycles. The first-order valence-corrected chi connectivity index (χ1v) is 11.3. The normalized spacial score (nSPS) is 17.8. The van der Waals surface area contributed by atoms with E-state index in [9.17, 15) is 10.5 Å². The Hall–Kier alpha value is -3.66. The third-order valence-corrected chi connectivity index (χ3v) is 5.92. The standard InChI is InChI=1S/C26H20IN5O/c27-21-10-6-19(7-11-21)17-33-23-12-8-18(9-13-23)14-20(15-28)25-24(16-29)26(30)32(31-25)22-4-2-1-3-5-22/h1-14,24,26H,17,30H2/b20-14-/t24-,26+/m1/s1. The zero-order valence-corrected chi connectivity index (χ0v) is 19.8. The van der Waals surface area contributed by atoms with E-state index in [2.05, 4.69) is 39.8 Å². The van der Waals surface area contributed by atoms with Crippen LogP contribution in [0.15, 0.2) is 89.5 Å². The van der Waals surface area contributed by atoms with Crippen LogP contribution >= 0.6 is 22.6 Å². The van der Waals surface area contributed by atoms with Gasteiger partial charge in [0.05, 0.1) is 23.0 Å². The maximum absolute atomic E-state index is 9.80. The topological polar surface area (TPSA) is 98.4 Å². The molecule has 0 saturated carbocycles. The van der Waals surface area contributed by atoms with Gasteiger partial charge >= 0.3 is 0 Å². The van der Waals surface area contributed by atoms with E-state index in [4.69, 9.17) is 10.5 Å². The van der Waals surface area contributed by atoms with Crippen LogP contribution in [0.5, 0.6) is 5.75 Å². The third-order valence-electron chi connectivity index (χ3n) is 5.20. The van der Waals surface area contributed by atoms with Gasteiger partial charge < -0.3 is 10.5 Å². The number of halogens is 1. The van der Waals surface area contributed by atoms with Crippen molar-refractivity contribution in [3.05, 3.63) is 99.1 Å². The Labute approximate surface area is 206 Å². The van der Waals surface area contributed by atoms with Crippen LogP contribution in [0, 0.1) is 32.2 Å². The monoisotopic (exact) mass is 545 g/mol. The molecule has 1 heterocycles. The number of hydrogen-bond donors (Lipinski definition) is 1. The molecular formula is C26H20IN5O. The fraction of sp³-hybridized carbons (Fsp3) is 0.115. The van der Waals surface area contributed by atoms with Gasteiger partial charge in [-0.2, -0.15) is 15.6 Å². The molecule has 2 N–H and O–H groups in total. The largest absolute Gasteiger partial charge is 0.489 e. The lowest BCUT2D eigenvalue weighted by atomic mass is 9.95. The van der Waals surface area contributed by atoms with E-state index in [0.29, 0.717) is 17.9 Å². The summed E-state index contributed by atoms with van der Waals surface area (Å²) in [5.41, 5.74) is 9.63. The van der Waals surface area contributed by atoms with Crippen molar-refractivity contribution < 1.29 is 4.74 Å². The summed E-state index contributed by atoms with van der Waals surface area (Å²) in [6.45, 7) is 0.476. The molecule has 3 aromatic rings. The molecule has 0 bridgehead atoms. The molecule has 0 fully saturated rings. The molecule has 162 valence electrons. The van der Waals surface area contributed by atoms with Crippen molar-refractivity contribution in [1.82, 2.24) is 0 Å². The van der Waals surface area contributed by atoms with Crippen LogP contribution in [-0.4, -0.2) is 11.9 Å². The fourth-order valence-corrected chi connectivity index (χ4v) is 3.81. The quantitative estimate of drug-likeness (QED) is 0.344. The van der Waals surface area contributed by atoms with Crippen molar-refractivity contribution >= 4 is 40.1 Å². The lowest BCUT2D eigenvalue weighted by molar-refractivity contribution is 0.306. The Balaban J connectivity index is 1.52. The van der Waals surface area contributed by atoms with Crippen LogP contribution < -0.4 is 15.5 Å². The Morgan fingerprint density at radius 3 is 2.36 bits per heavy atom. The Morgan fingerprint density at radius 1 is 1.03 bits per heavy atom. The summed E-state index contributed by atoms with van der Waals surface area (Å²) in [6, 6.07) is 29.4. The third kappa shape index (κ3) is 5.23. The van der Waals surface area contributed by atoms with E-state index in [1.54, 1.807) is 11.1 Å². The average Bonchev–Trinajstić information content (AvgIpc) is 3.19. The second-order valence-corrected chi connectivity index (χ2v) is 8.66. The fourth-order valence-electron chi connectivity index (χ4n) is 3.46. The molecule has 0 unspecified atom stereocenters. The molecule has 1 aliphatic heterocycles. The van der Waals surface area contributed by atoms with E-state index in [0.717, 1.165) is 22.6 Å². The lowest BCUT2D eigenvalue weighted by Gasteiger charge is -2.21. The maximum atomic E-state index is 9.80. The predicted octanol–water partition coefficient (Wildman–Crippen LogP) is 5.08. The second kappa shape index (κ2) is 10.3. The van der Waals surface area contributed by atoms with Crippen LogP contribution in [0.1, 0.15) is 11.1 Å². The van der Waals surface area contributed by atoms with Crippen molar-refractivity contribution in [1.29, 1.82) is 10.5 Å². The van der Waals surface area contributed by atoms with E-state index >= 15 is 0 Å². The SMILES string of the molecule is N#C/C(=C/c1ccc(OCc2ccc(I)cc2)cc1)C1=NN(c2ccccc2)[C@H](N)[C@@H]1C#N. The van der Waals surface area contributed by atoms with Crippen LogP contribution in [0.2, 0.25) is 0 Å². The number of nitrogens with zero attached hydrogens (tertiary/aromatic N) is 4. The smallest absolute Gasteiger partial charge is 0.127 e. The molecule has 1 aliphatic rings. The predicted molar refractivity (Wildman–Crippen MR) is 137 cm³/mol. The van der Waals surface area contributed by atoms with Crippen molar-refractivity contribution in [3.8, 4) is 17.9 Å². The highest BCUT2D eigenvalue weighted by Crippen LogP contribution is 2.29. The molecule has 0 amide bonds. The minimum atomic E-state index is -0.715. The van der Waals surface area contributed by atoms with Crippen molar-refractivity contribution in [3.63, 3.8) is 0 Å². The van der Waals surface area contributed by atoms with Gasteiger partial charge in [0.25, 0.3) is 0 Å². The molecule has 0 aromatic heterocycles. The number of nitrogens with two attached hydrogens (primary N) is 1. The van der Waals surface area contributed by atoms with Crippen molar-refractivity contribution in [2.24, 2.45) is 16.8 Å². The van der Waals surface area contributed by atoms with E-state index in [1.807, 2.05) is 78.9 Å². The number of allylic oxidation sites excluding steroid dienone is 1. The summed E-state index contributed by atoms with van der Waals surface area (Å²) >= 11 is 2.27. The summed E-state index contributed by atoms with van der Waals surface area (Å²) in [6.07, 6.45) is 1.05. The van der Waals surface area contributed by atoms with Gasteiger partial charge in [-0.15, -0.1) is 0 Å². The number of ether oxygens (including phenoxy) is 1. The molecule has 6 nitrogen and oxygen atoms in total. The molecule has 0 spiro atoms. The first-order valence-electron chi connectivity index (χ1n) is 10.3. The van der Waals surface area contributed by atoms with Gasteiger partial charge in [-0.05, 0) is 76.2 Å². The number of nitriles is 2. The van der Waals surface area contributed by atoms with Crippen LogP contribution in [0.3, 0.4) is 0 Å². The molecule has 3 aromatic carbocycles. The first kappa shape index (κ1) is 22.5. The molecule has 0 saturated heterocycles. The zero-order chi connectivity index (χ0) is 23.2. The minimum absolute atomic E-state index is 0.308. The summed E-state index contributed by atoms with van der Waals surface area (Å²) < 4.78 is 7.03. The highest BCUT2D eigenvalue weighted by molar-refractivity contribution is 14.1. The lowest BCUT2D eigenvalue weighted by Crippen LogP contribution is -2.40. The Kier molecular flexibility index (Phi) is 7.04. The van der Waals surface area contributed by atoms with Crippen molar-refractivity contribution in [2.45, 2.75) is 12.8 Å².